The van der Waals surface area contributed by atoms with E-state index >= 15 is 0 Å². The van der Waals surface area contributed by atoms with Gasteiger partial charge in [-0.25, -0.2) is 0 Å². The maximum absolute atomic E-state index is 5.92. The van der Waals surface area contributed by atoms with E-state index in [1.807, 2.05) is 19.9 Å². The fourth-order valence-corrected chi connectivity index (χ4v) is 2.55. The molecular formula is C14H25ClIN3OS. The lowest BCUT2D eigenvalue weighted by molar-refractivity contribution is 0.0310. The third kappa shape index (κ3) is 8.85. The van der Waals surface area contributed by atoms with Crippen molar-refractivity contribution < 1.29 is 4.74 Å². The van der Waals surface area contributed by atoms with Crippen molar-refractivity contribution in [1.82, 2.24) is 10.6 Å². The first kappa shape index (κ1) is 20.9. The molecule has 7 heteroatoms. The van der Waals surface area contributed by atoms with Gasteiger partial charge in [0.25, 0.3) is 0 Å². The molecule has 0 unspecified atom stereocenters. The molecule has 0 amide bonds. The molecule has 0 aliphatic heterocycles. The Morgan fingerprint density at radius 1 is 1.38 bits per heavy atom. The van der Waals surface area contributed by atoms with Crippen LogP contribution in [0.2, 0.25) is 4.34 Å². The van der Waals surface area contributed by atoms with Crippen LogP contribution in [0.15, 0.2) is 17.1 Å². The molecule has 0 aromatic carbocycles. The molecule has 4 nitrogen and oxygen atoms in total. The number of hydrogen-bond donors (Lipinski definition) is 2. The number of guanidine groups is 1. The second-order valence-electron chi connectivity index (χ2n) is 5.04. The quantitative estimate of drug-likeness (QED) is 0.383. The maximum Gasteiger partial charge on any atom is 0.191 e. The number of hydrogen-bond acceptors (Lipinski definition) is 3. The average molecular weight is 446 g/mol. The zero-order chi connectivity index (χ0) is 15.0. The summed E-state index contributed by atoms with van der Waals surface area (Å²) in [6.07, 6.45) is 0.940. The summed E-state index contributed by atoms with van der Waals surface area (Å²) >= 11 is 7.53. The number of halogens is 2. The lowest BCUT2D eigenvalue weighted by atomic mass is 10.1. The van der Waals surface area contributed by atoms with Crippen molar-refractivity contribution in [1.29, 1.82) is 0 Å². The van der Waals surface area contributed by atoms with E-state index in [1.165, 1.54) is 4.88 Å². The molecule has 1 aromatic heterocycles. The fourth-order valence-electron chi connectivity index (χ4n) is 1.47. The lowest BCUT2D eigenvalue weighted by Gasteiger charge is -2.21. The number of nitrogens with one attached hydrogen (secondary N) is 2. The SMILES string of the molecule is CCNC(=NCC(C)(C)OC)NCCc1ccc(Cl)s1.I. The highest BCUT2D eigenvalue weighted by molar-refractivity contribution is 14.0. The molecule has 0 aliphatic carbocycles. The topological polar surface area (TPSA) is 45.7 Å². The smallest absolute Gasteiger partial charge is 0.191 e. The number of ether oxygens (including phenoxy) is 1. The van der Waals surface area contributed by atoms with Crippen molar-refractivity contribution in [3.8, 4) is 0 Å². The Morgan fingerprint density at radius 2 is 2.10 bits per heavy atom. The Morgan fingerprint density at radius 3 is 2.62 bits per heavy atom. The van der Waals surface area contributed by atoms with Gasteiger partial charge in [-0.15, -0.1) is 35.3 Å². The van der Waals surface area contributed by atoms with Crippen LogP contribution in [0.25, 0.3) is 0 Å². The molecule has 0 radical (unpaired) electrons. The molecule has 0 bridgehead atoms. The third-order valence-electron chi connectivity index (χ3n) is 2.81. The van der Waals surface area contributed by atoms with Gasteiger partial charge < -0.3 is 15.4 Å². The zero-order valence-electron chi connectivity index (χ0n) is 13.0. The predicted octanol–water partition coefficient (Wildman–Crippen LogP) is 3.54. The molecule has 1 aromatic rings. The predicted molar refractivity (Wildman–Crippen MR) is 104 cm³/mol. The highest BCUT2D eigenvalue weighted by atomic mass is 127. The van der Waals surface area contributed by atoms with Crippen LogP contribution < -0.4 is 10.6 Å². The van der Waals surface area contributed by atoms with Gasteiger partial charge in [-0.1, -0.05) is 11.6 Å². The van der Waals surface area contributed by atoms with Crippen molar-refractivity contribution >= 4 is 52.9 Å². The average Bonchev–Trinajstić information content (AvgIpc) is 2.82. The monoisotopic (exact) mass is 445 g/mol. The molecule has 122 valence electrons. The van der Waals surface area contributed by atoms with Crippen LogP contribution in [0.1, 0.15) is 25.6 Å². The summed E-state index contributed by atoms with van der Waals surface area (Å²) in [4.78, 5) is 5.81. The molecular weight excluding hydrogens is 421 g/mol. The summed E-state index contributed by atoms with van der Waals surface area (Å²) in [5, 5.41) is 6.55. The van der Waals surface area contributed by atoms with Gasteiger partial charge in [-0.2, -0.15) is 0 Å². The van der Waals surface area contributed by atoms with E-state index in [0.717, 1.165) is 29.8 Å². The Hall–Kier alpha value is -0.0500. The van der Waals surface area contributed by atoms with E-state index in [2.05, 4.69) is 28.6 Å². The Bertz CT molecular complexity index is 438. The summed E-state index contributed by atoms with van der Waals surface area (Å²) in [7, 11) is 1.70. The van der Waals surface area contributed by atoms with Crippen molar-refractivity contribution in [3.63, 3.8) is 0 Å². The van der Waals surface area contributed by atoms with Crippen molar-refractivity contribution in [3.05, 3.63) is 21.3 Å². The second-order valence-corrected chi connectivity index (χ2v) is 6.84. The normalized spacial score (nSPS) is 12.0. The largest absolute Gasteiger partial charge is 0.377 e. The summed E-state index contributed by atoms with van der Waals surface area (Å²) in [6.45, 7) is 8.38. The van der Waals surface area contributed by atoms with Gasteiger partial charge in [0.05, 0.1) is 16.5 Å². The van der Waals surface area contributed by atoms with Crippen LogP contribution >= 0.6 is 46.9 Å². The number of rotatable bonds is 7. The molecule has 2 N–H and O–H groups in total. The Balaban J connectivity index is 0.00000400. The van der Waals surface area contributed by atoms with E-state index < -0.39 is 0 Å². The molecule has 0 atom stereocenters. The first-order valence-corrected chi connectivity index (χ1v) is 7.98. The van der Waals surface area contributed by atoms with E-state index in [4.69, 9.17) is 16.3 Å². The minimum atomic E-state index is -0.246. The van der Waals surface area contributed by atoms with Gasteiger partial charge in [0.2, 0.25) is 0 Å². The van der Waals surface area contributed by atoms with Gasteiger partial charge in [0.1, 0.15) is 0 Å². The van der Waals surface area contributed by atoms with Gasteiger partial charge in [0, 0.05) is 25.1 Å². The van der Waals surface area contributed by atoms with Gasteiger partial charge in [-0.05, 0) is 39.3 Å². The summed E-state index contributed by atoms with van der Waals surface area (Å²) in [5.74, 6) is 0.820. The van der Waals surface area contributed by atoms with E-state index in [-0.39, 0.29) is 29.6 Å². The van der Waals surface area contributed by atoms with E-state index in [1.54, 1.807) is 18.4 Å². The number of thiophene rings is 1. The first-order valence-electron chi connectivity index (χ1n) is 6.78. The number of nitrogens with zero attached hydrogens (tertiary/aromatic N) is 1. The highest BCUT2D eigenvalue weighted by Crippen LogP contribution is 2.21. The molecule has 0 spiro atoms. The molecule has 21 heavy (non-hydrogen) atoms. The van der Waals surface area contributed by atoms with Crippen LogP contribution in [-0.2, 0) is 11.2 Å². The van der Waals surface area contributed by atoms with Gasteiger partial charge in [0.15, 0.2) is 5.96 Å². The zero-order valence-corrected chi connectivity index (χ0v) is 16.9. The Kier molecular flexibility index (Phi) is 10.6. The summed E-state index contributed by atoms with van der Waals surface area (Å²) < 4.78 is 6.20. The Labute approximate surface area is 153 Å². The van der Waals surface area contributed by atoms with Crippen molar-refractivity contribution in [2.75, 3.05) is 26.7 Å². The number of methoxy groups -OCH3 is 1. The van der Waals surface area contributed by atoms with Crippen LogP contribution in [0.5, 0.6) is 0 Å². The summed E-state index contributed by atoms with van der Waals surface area (Å²) in [5.41, 5.74) is -0.246. The van der Waals surface area contributed by atoms with Crippen molar-refractivity contribution in [2.45, 2.75) is 32.8 Å². The minimum Gasteiger partial charge on any atom is -0.377 e. The van der Waals surface area contributed by atoms with Crippen LogP contribution in [-0.4, -0.2) is 38.3 Å². The molecule has 1 rings (SSSR count). The minimum absolute atomic E-state index is 0. The van der Waals surface area contributed by atoms with Crippen LogP contribution in [0.3, 0.4) is 0 Å². The standard InChI is InChI=1S/C14H24ClN3OS.HI/c1-5-16-13(18-10-14(2,3)19-4)17-9-8-11-6-7-12(15)20-11;/h6-7H,5,8-10H2,1-4H3,(H2,16,17,18);1H. The van der Waals surface area contributed by atoms with Crippen LogP contribution in [0, 0.1) is 0 Å². The molecule has 0 saturated carbocycles. The lowest BCUT2D eigenvalue weighted by Crippen LogP contribution is -2.40. The maximum atomic E-state index is 5.92. The van der Waals surface area contributed by atoms with Crippen LogP contribution in [0.4, 0.5) is 0 Å². The highest BCUT2D eigenvalue weighted by Gasteiger charge is 2.15. The van der Waals surface area contributed by atoms with E-state index in [0.29, 0.717) is 6.54 Å². The number of aliphatic imine (C=N–C) groups is 1. The van der Waals surface area contributed by atoms with E-state index in [9.17, 15) is 0 Å². The second kappa shape index (κ2) is 10.6. The molecule has 1 heterocycles. The molecule has 0 fully saturated rings. The fraction of sp³-hybridized carbons (Fsp3) is 0.643. The third-order valence-corrected chi connectivity index (χ3v) is 4.10. The van der Waals surface area contributed by atoms with Gasteiger partial charge >= 0.3 is 0 Å². The first-order chi connectivity index (χ1) is 9.46. The summed E-state index contributed by atoms with van der Waals surface area (Å²) in [6, 6.07) is 3.99. The molecule has 0 saturated heterocycles. The molecule has 0 aliphatic rings. The van der Waals surface area contributed by atoms with Gasteiger partial charge in [-0.3, -0.25) is 4.99 Å². The van der Waals surface area contributed by atoms with Crippen molar-refractivity contribution in [2.24, 2.45) is 4.99 Å².